The van der Waals surface area contributed by atoms with Crippen LogP contribution in [-0.2, 0) is 4.79 Å². The zero-order valence-corrected chi connectivity index (χ0v) is 21.1. The van der Waals surface area contributed by atoms with Gasteiger partial charge in [-0.3, -0.25) is 4.79 Å². The number of nitrogens with zero attached hydrogens (tertiary/aromatic N) is 1. The van der Waals surface area contributed by atoms with E-state index < -0.39 is 6.04 Å². The molecule has 9 heteroatoms. The zero-order valence-electron chi connectivity index (χ0n) is 20.3. The summed E-state index contributed by atoms with van der Waals surface area (Å²) in [5.41, 5.74) is 10.00. The van der Waals surface area contributed by atoms with Gasteiger partial charge in [0.25, 0.3) is 0 Å². The second kappa shape index (κ2) is 11.2. The molecule has 0 bridgehead atoms. The first kappa shape index (κ1) is 25.3. The monoisotopic (exact) mass is 485 g/mol. The number of carbonyl (C=O) groups is 1. The third-order valence-electron chi connectivity index (χ3n) is 5.84. The smallest absolute Gasteiger partial charge is 0.241 e. The van der Waals surface area contributed by atoms with Crippen LogP contribution in [0.5, 0.6) is 23.0 Å². The van der Waals surface area contributed by atoms with Gasteiger partial charge in [-0.2, -0.15) is 4.37 Å². The lowest BCUT2D eigenvalue weighted by atomic mass is 9.98. The standard InChI is InChI=1S/C25H31N3O5S/c1-7-14(2)22(26)25(29)27-18-10-15(8-9-19(18)30-3)17-13-34-28-23(17)16-11-20(31-4)24(33-6)21(12-16)32-5/h8-14,22H,7,26H2,1-6H3,(H,27,29)/t14?,22-/m1/s1. The topological polar surface area (TPSA) is 105 Å². The minimum atomic E-state index is -0.615. The van der Waals surface area contributed by atoms with Crippen LogP contribution < -0.4 is 30.0 Å². The van der Waals surface area contributed by atoms with Gasteiger partial charge in [-0.1, -0.05) is 26.3 Å². The van der Waals surface area contributed by atoms with E-state index in [0.29, 0.717) is 28.7 Å². The van der Waals surface area contributed by atoms with Crippen molar-refractivity contribution in [3.63, 3.8) is 0 Å². The summed E-state index contributed by atoms with van der Waals surface area (Å²) in [6.45, 7) is 3.96. The van der Waals surface area contributed by atoms with Gasteiger partial charge in [0, 0.05) is 16.5 Å². The molecule has 2 atom stereocenters. The summed E-state index contributed by atoms with van der Waals surface area (Å²) in [5, 5.41) is 4.88. The SMILES string of the molecule is CCC(C)[C@@H](N)C(=O)Nc1cc(-c2csnc2-c2cc(OC)c(OC)c(OC)c2)ccc1OC. The van der Waals surface area contributed by atoms with Crippen LogP contribution in [-0.4, -0.2) is 44.8 Å². The molecule has 3 N–H and O–H groups in total. The molecule has 0 radical (unpaired) electrons. The van der Waals surface area contributed by atoms with Crippen molar-refractivity contribution < 1.29 is 23.7 Å². The maximum atomic E-state index is 12.7. The average Bonchev–Trinajstić information content (AvgIpc) is 3.36. The molecule has 1 aromatic heterocycles. The van der Waals surface area contributed by atoms with Crippen molar-refractivity contribution in [1.82, 2.24) is 4.37 Å². The molecular formula is C25H31N3O5S. The van der Waals surface area contributed by atoms with E-state index in [2.05, 4.69) is 9.69 Å². The molecule has 1 heterocycles. The van der Waals surface area contributed by atoms with E-state index in [1.54, 1.807) is 28.4 Å². The van der Waals surface area contributed by atoms with E-state index in [9.17, 15) is 4.79 Å². The largest absolute Gasteiger partial charge is 0.495 e. The molecule has 2 aromatic carbocycles. The molecule has 182 valence electrons. The number of hydrogen-bond donors (Lipinski definition) is 2. The van der Waals surface area contributed by atoms with E-state index in [1.807, 2.05) is 49.6 Å². The predicted molar refractivity (Wildman–Crippen MR) is 135 cm³/mol. The normalized spacial score (nSPS) is 12.6. The minimum Gasteiger partial charge on any atom is -0.495 e. The van der Waals surface area contributed by atoms with Gasteiger partial charge in [-0.15, -0.1) is 0 Å². The number of ether oxygens (including phenoxy) is 4. The quantitative estimate of drug-likeness (QED) is 0.424. The maximum absolute atomic E-state index is 12.7. The van der Waals surface area contributed by atoms with Crippen LogP contribution in [0.2, 0.25) is 0 Å². The van der Waals surface area contributed by atoms with Crippen molar-refractivity contribution in [2.45, 2.75) is 26.3 Å². The summed E-state index contributed by atoms with van der Waals surface area (Å²) in [4.78, 5) is 12.7. The molecule has 3 aromatic rings. The van der Waals surface area contributed by atoms with Gasteiger partial charge in [-0.05, 0) is 47.3 Å². The van der Waals surface area contributed by atoms with Crippen molar-refractivity contribution >= 4 is 23.1 Å². The maximum Gasteiger partial charge on any atom is 0.241 e. The Morgan fingerprint density at radius 1 is 1.00 bits per heavy atom. The van der Waals surface area contributed by atoms with Gasteiger partial charge < -0.3 is 30.0 Å². The number of rotatable bonds is 10. The Labute approximate surface area is 204 Å². The van der Waals surface area contributed by atoms with Crippen molar-refractivity contribution in [3.8, 4) is 45.4 Å². The van der Waals surface area contributed by atoms with Crippen molar-refractivity contribution in [2.24, 2.45) is 11.7 Å². The Bertz CT molecular complexity index is 1120. The Balaban J connectivity index is 2.03. The number of methoxy groups -OCH3 is 4. The summed E-state index contributed by atoms with van der Waals surface area (Å²) in [6.07, 6.45) is 0.810. The molecule has 0 spiro atoms. The van der Waals surface area contributed by atoms with Gasteiger partial charge >= 0.3 is 0 Å². The lowest BCUT2D eigenvalue weighted by molar-refractivity contribution is -0.118. The summed E-state index contributed by atoms with van der Waals surface area (Å²) in [7, 11) is 6.28. The van der Waals surface area contributed by atoms with Crippen LogP contribution in [0, 0.1) is 5.92 Å². The Morgan fingerprint density at radius 3 is 2.21 bits per heavy atom. The van der Waals surface area contributed by atoms with E-state index in [-0.39, 0.29) is 11.8 Å². The lowest BCUT2D eigenvalue weighted by Crippen LogP contribution is -2.40. The van der Waals surface area contributed by atoms with Crippen LogP contribution in [0.4, 0.5) is 5.69 Å². The number of anilines is 1. The van der Waals surface area contributed by atoms with Crippen LogP contribution in [0.3, 0.4) is 0 Å². The number of carbonyl (C=O) groups excluding carboxylic acids is 1. The summed E-state index contributed by atoms with van der Waals surface area (Å²) < 4.78 is 26.5. The van der Waals surface area contributed by atoms with Gasteiger partial charge in [0.1, 0.15) is 5.75 Å². The molecular weight excluding hydrogens is 454 g/mol. The van der Waals surface area contributed by atoms with Crippen molar-refractivity contribution in [1.29, 1.82) is 0 Å². The number of amides is 1. The van der Waals surface area contributed by atoms with Crippen LogP contribution in [0.25, 0.3) is 22.4 Å². The van der Waals surface area contributed by atoms with Crippen molar-refractivity contribution in [3.05, 3.63) is 35.7 Å². The second-order valence-corrected chi connectivity index (χ2v) is 8.44. The molecule has 0 saturated carbocycles. The molecule has 0 aliphatic heterocycles. The highest BCUT2D eigenvalue weighted by Gasteiger charge is 2.22. The Morgan fingerprint density at radius 2 is 1.65 bits per heavy atom. The van der Waals surface area contributed by atoms with Gasteiger partial charge in [-0.25, -0.2) is 0 Å². The van der Waals surface area contributed by atoms with Gasteiger partial charge in [0.15, 0.2) is 11.5 Å². The third-order valence-corrected chi connectivity index (χ3v) is 6.47. The number of benzene rings is 2. The molecule has 34 heavy (non-hydrogen) atoms. The fraction of sp³-hybridized carbons (Fsp3) is 0.360. The second-order valence-electron chi connectivity index (χ2n) is 7.81. The first-order valence-electron chi connectivity index (χ1n) is 10.9. The van der Waals surface area contributed by atoms with Gasteiger partial charge in [0.05, 0.1) is 45.9 Å². The molecule has 8 nitrogen and oxygen atoms in total. The minimum absolute atomic E-state index is 0.0573. The van der Waals surface area contributed by atoms with E-state index in [1.165, 1.54) is 11.5 Å². The third kappa shape index (κ3) is 5.10. The van der Waals surface area contributed by atoms with E-state index in [0.717, 1.165) is 28.8 Å². The number of hydrogen-bond acceptors (Lipinski definition) is 8. The average molecular weight is 486 g/mol. The number of nitrogens with two attached hydrogens (primary N) is 1. The highest BCUT2D eigenvalue weighted by Crippen LogP contribution is 2.44. The first-order chi connectivity index (χ1) is 16.4. The highest BCUT2D eigenvalue weighted by molar-refractivity contribution is 7.04. The first-order valence-corrected chi connectivity index (χ1v) is 11.7. The summed E-state index contributed by atoms with van der Waals surface area (Å²) in [6, 6.07) is 8.71. The fourth-order valence-corrected chi connectivity index (χ4v) is 4.28. The zero-order chi connectivity index (χ0) is 24.8. The summed E-state index contributed by atoms with van der Waals surface area (Å²) >= 11 is 1.33. The highest BCUT2D eigenvalue weighted by atomic mass is 32.1. The lowest BCUT2D eigenvalue weighted by Gasteiger charge is -2.19. The van der Waals surface area contributed by atoms with Crippen molar-refractivity contribution in [2.75, 3.05) is 33.8 Å². The van der Waals surface area contributed by atoms with Crippen LogP contribution >= 0.6 is 11.5 Å². The Hall–Kier alpha value is -3.30. The fourth-order valence-electron chi connectivity index (χ4n) is 3.57. The predicted octanol–water partition coefficient (Wildman–Crippen LogP) is 4.82. The molecule has 0 fully saturated rings. The van der Waals surface area contributed by atoms with Gasteiger partial charge in [0.2, 0.25) is 11.7 Å². The molecule has 0 saturated heterocycles. The molecule has 1 amide bonds. The molecule has 3 rings (SSSR count). The van der Waals surface area contributed by atoms with E-state index >= 15 is 0 Å². The van der Waals surface area contributed by atoms with E-state index in [4.69, 9.17) is 24.7 Å². The van der Waals surface area contributed by atoms with Crippen LogP contribution in [0.1, 0.15) is 20.3 Å². The number of aromatic nitrogens is 1. The molecule has 0 aliphatic carbocycles. The molecule has 0 aliphatic rings. The molecule has 1 unspecified atom stereocenters. The summed E-state index contributed by atoms with van der Waals surface area (Å²) in [5.74, 6) is 1.94. The van der Waals surface area contributed by atoms with Crippen LogP contribution in [0.15, 0.2) is 35.7 Å². The Kier molecular flexibility index (Phi) is 8.36. The number of nitrogens with one attached hydrogen (secondary N) is 1.